The SMILES string of the molecule is Cc1ccc(NC(=O)Nc2cncc(-c3ccc4c(ccn4CC4(C)COC4)c3)n2)cn1. The van der Waals surface area contributed by atoms with Gasteiger partial charge < -0.3 is 14.6 Å². The molecule has 0 bridgehead atoms. The van der Waals surface area contributed by atoms with E-state index >= 15 is 0 Å². The fourth-order valence-corrected chi connectivity index (χ4v) is 3.84. The van der Waals surface area contributed by atoms with Gasteiger partial charge in [0.25, 0.3) is 0 Å². The van der Waals surface area contributed by atoms with Crippen LogP contribution in [-0.2, 0) is 11.3 Å². The third-order valence-electron chi connectivity index (χ3n) is 5.57. The number of anilines is 2. The highest BCUT2D eigenvalue weighted by Crippen LogP contribution is 2.31. The molecule has 8 nitrogen and oxygen atoms in total. The molecule has 1 aliphatic heterocycles. The van der Waals surface area contributed by atoms with Crippen LogP contribution in [0.1, 0.15) is 12.6 Å². The van der Waals surface area contributed by atoms with Crippen molar-refractivity contribution < 1.29 is 9.53 Å². The van der Waals surface area contributed by atoms with Crippen molar-refractivity contribution in [2.75, 3.05) is 23.8 Å². The van der Waals surface area contributed by atoms with Crippen molar-refractivity contribution in [1.82, 2.24) is 19.5 Å². The predicted octanol–water partition coefficient (Wildman–Crippen LogP) is 4.48. The number of hydrogen-bond acceptors (Lipinski definition) is 5. The van der Waals surface area contributed by atoms with Gasteiger partial charge in [-0.3, -0.25) is 15.3 Å². The Kier molecular flexibility index (Phi) is 5.07. The van der Waals surface area contributed by atoms with Crippen molar-refractivity contribution in [1.29, 1.82) is 0 Å². The van der Waals surface area contributed by atoms with Crippen LogP contribution >= 0.6 is 0 Å². The van der Waals surface area contributed by atoms with Gasteiger partial charge in [0, 0.05) is 40.3 Å². The van der Waals surface area contributed by atoms with Gasteiger partial charge in [0.2, 0.25) is 0 Å². The molecule has 5 rings (SSSR count). The molecule has 1 aromatic carbocycles. The van der Waals surface area contributed by atoms with E-state index in [1.165, 1.54) is 11.7 Å². The number of carbonyl (C=O) groups is 1. The van der Waals surface area contributed by atoms with Gasteiger partial charge in [0.15, 0.2) is 5.82 Å². The molecule has 4 heterocycles. The van der Waals surface area contributed by atoms with Crippen molar-refractivity contribution in [2.45, 2.75) is 20.4 Å². The fraction of sp³-hybridized carbons (Fsp3) is 0.250. The Labute approximate surface area is 185 Å². The minimum atomic E-state index is -0.400. The topological polar surface area (TPSA) is 94.0 Å². The molecule has 32 heavy (non-hydrogen) atoms. The number of aryl methyl sites for hydroxylation is 1. The van der Waals surface area contributed by atoms with Gasteiger partial charge in [-0.2, -0.15) is 0 Å². The summed E-state index contributed by atoms with van der Waals surface area (Å²) >= 11 is 0. The van der Waals surface area contributed by atoms with E-state index in [4.69, 9.17) is 4.74 Å². The second kappa shape index (κ2) is 8.05. The van der Waals surface area contributed by atoms with Gasteiger partial charge in [0.1, 0.15) is 0 Å². The van der Waals surface area contributed by atoms with Crippen molar-refractivity contribution in [3.63, 3.8) is 0 Å². The van der Waals surface area contributed by atoms with Crippen molar-refractivity contribution in [2.24, 2.45) is 5.41 Å². The Morgan fingerprint density at radius 2 is 2.00 bits per heavy atom. The minimum absolute atomic E-state index is 0.200. The molecule has 2 N–H and O–H groups in total. The highest BCUT2D eigenvalue weighted by molar-refractivity contribution is 5.99. The summed E-state index contributed by atoms with van der Waals surface area (Å²) in [5.41, 5.74) is 4.49. The molecule has 0 unspecified atom stereocenters. The molecular formula is C24H24N6O2. The highest BCUT2D eigenvalue weighted by Gasteiger charge is 2.33. The van der Waals surface area contributed by atoms with E-state index < -0.39 is 6.03 Å². The molecule has 0 aliphatic carbocycles. The standard InChI is InChI=1S/C24H24N6O2/c1-16-3-5-19(10-26-16)27-23(31)29-22-12-25-11-20(28-22)17-4-6-21-18(9-17)7-8-30(21)13-24(2)14-32-15-24/h3-12H,13-15H2,1-2H3,(H2,27,28,29,31). The van der Waals surface area contributed by atoms with Gasteiger partial charge in [-0.1, -0.05) is 13.0 Å². The summed E-state index contributed by atoms with van der Waals surface area (Å²) < 4.78 is 7.66. The molecule has 8 heteroatoms. The van der Waals surface area contributed by atoms with Crippen LogP contribution in [0.4, 0.5) is 16.3 Å². The van der Waals surface area contributed by atoms with Crippen molar-refractivity contribution in [3.8, 4) is 11.3 Å². The highest BCUT2D eigenvalue weighted by atomic mass is 16.5. The molecule has 0 saturated carbocycles. The Morgan fingerprint density at radius 3 is 2.75 bits per heavy atom. The maximum absolute atomic E-state index is 12.3. The molecular weight excluding hydrogens is 404 g/mol. The second-order valence-corrected chi connectivity index (χ2v) is 8.58. The summed E-state index contributed by atoms with van der Waals surface area (Å²) in [4.78, 5) is 25.3. The number of benzene rings is 1. The number of fused-ring (bicyclic) bond motifs is 1. The quantitative estimate of drug-likeness (QED) is 0.489. The summed E-state index contributed by atoms with van der Waals surface area (Å²) in [6, 6.07) is 11.6. The minimum Gasteiger partial charge on any atom is -0.380 e. The third-order valence-corrected chi connectivity index (χ3v) is 5.57. The van der Waals surface area contributed by atoms with Crippen LogP contribution in [0.15, 0.2) is 61.2 Å². The predicted molar refractivity (Wildman–Crippen MR) is 124 cm³/mol. The van der Waals surface area contributed by atoms with E-state index in [0.717, 1.165) is 36.4 Å². The van der Waals surface area contributed by atoms with Crippen LogP contribution in [0.5, 0.6) is 0 Å². The van der Waals surface area contributed by atoms with Gasteiger partial charge in [0.05, 0.1) is 43.2 Å². The lowest BCUT2D eigenvalue weighted by molar-refractivity contribution is -0.109. The molecule has 4 aromatic rings. The smallest absolute Gasteiger partial charge is 0.324 e. The number of ether oxygens (including phenoxy) is 1. The molecule has 0 radical (unpaired) electrons. The molecule has 2 amide bonds. The molecule has 3 aromatic heterocycles. The Hall–Kier alpha value is -3.78. The van der Waals surface area contributed by atoms with Crippen LogP contribution in [0, 0.1) is 12.3 Å². The molecule has 162 valence electrons. The summed E-state index contributed by atoms with van der Waals surface area (Å²) in [6.07, 6.45) is 6.94. The zero-order valence-electron chi connectivity index (χ0n) is 18.0. The summed E-state index contributed by atoms with van der Waals surface area (Å²) in [7, 11) is 0. The average Bonchev–Trinajstić information content (AvgIpc) is 3.16. The summed E-state index contributed by atoms with van der Waals surface area (Å²) in [5.74, 6) is 0.371. The number of pyridine rings is 1. The number of hydrogen-bond donors (Lipinski definition) is 2. The second-order valence-electron chi connectivity index (χ2n) is 8.58. The van der Waals surface area contributed by atoms with Gasteiger partial charge >= 0.3 is 6.03 Å². The third kappa shape index (κ3) is 4.17. The van der Waals surface area contributed by atoms with Crippen LogP contribution in [-0.4, -0.2) is 38.8 Å². The Balaban J connectivity index is 1.32. The normalized spacial score (nSPS) is 14.7. The van der Waals surface area contributed by atoms with Crippen LogP contribution in [0.3, 0.4) is 0 Å². The largest absolute Gasteiger partial charge is 0.380 e. The van der Waals surface area contributed by atoms with E-state index in [-0.39, 0.29) is 5.41 Å². The lowest BCUT2D eigenvalue weighted by Gasteiger charge is -2.38. The van der Waals surface area contributed by atoms with E-state index in [2.05, 4.69) is 61.5 Å². The molecule has 0 spiro atoms. The number of nitrogens with one attached hydrogen (secondary N) is 2. The first-order chi connectivity index (χ1) is 15.5. The maximum Gasteiger partial charge on any atom is 0.324 e. The van der Waals surface area contributed by atoms with E-state index in [0.29, 0.717) is 17.2 Å². The lowest BCUT2D eigenvalue weighted by Crippen LogP contribution is -2.42. The average molecular weight is 428 g/mol. The summed E-state index contributed by atoms with van der Waals surface area (Å²) in [6.45, 7) is 6.67. The molecule has 0 atom stereocenters. The zero-order chi connectivity index (χ0) is 22.1. The number of nitrogens with zero attached hydrogens (tertiary/aromatic N) is 4. The Bertz CT molecular complexity index is 1280. The van der Waals surface area contributed by atoms with E-state index in [1.807, 2.05) is 19.1 Å². The van der Waals surface area contributed by atoms with Gasteiger partial charge in [-0.25, -0.2) is 9.78 Å². The zero-order valence-corrected chi connectivity index (χ0v) is 18.0. The van der Waals surface area contributed by atoms with Gasteiger partial charge in [-0.05, 0) is 37.3 Å². The van der Waals surface area contributed by atoms with Gasteiger partial charge in [-0.15, -0.1) is 0 Å². The monoisotopic (exact) mass is 428 g/mol. The van der Waals surface area contributed by atoms with Crippen LogP contribution < -0.4 is 10.6 Å². The molecule has 1 fully saturated rings. The maximum atomic E-state index is 12.3. The first kappa shape index (κ1) is 20.1. The van der Waals surface area contributed by atoms with E-state index in [9.17, 15) is 4.79 Å². The van der Waals surface area contributed by atoms with Crippen LogP contribution in [0.2, 0.25) is 0 Å². The van der Waals surface area contributed by atoms with Crippen molar-refractivity contribution >= 4 is 28.4 Å². The number of amides is 2. The van der Waals surface area contributed by atoms with E-state index in [1.54, 1.807) is 18.5 Å². The first-order valence-corrected chi connectivity index (χ1v) is 10.5. The number of aromatic nitrogens is 4. The number of urea groups is 1. The van der Waals surface area contributed by atoms with Crippen molar-refractivity contribution in [3.05, 3.63) is 66.9 Å². The lowest BCUT2D eigenvalue weighted by atomic mass is 9.88. The molecule has 1 saturated heterocycles. The summed E-state index contributed by atoms with van der Waals surface area (Å²) in [5, 5.41) is 6.60. The first-order valence-electron chi connectivity index (χ1n) is 10.5. The number of carbonyl (C=O) groups excluding carboxylic acids is 1. The Morgan fingerprint density at radius 1 is 1.12 bits per heavy atom. The van der Waals surface area contributed by atoms with Crippen LogP contribution in [0.25, 0.3) is 22.2 Å². The molecule has 1 aliphatic rings. The number of rotatable bonds is 5. The fourth-order valence-electron chi connectivity index (χ4n) is 3.84.